The summed E-state index contributed by atoms with van der Waals surface area (Å²) in [5, 5.41) is 9.76. The largest absolute Gasteiger partial charge is 0.467 e. The van der Waals surface area contributed by atoms with Gasteiger partial charge in [0, 0.05) is 29.0 Å². The van der Waals surface area contributed by atoms with E-state index in [4.69, 9.17) is 33.5 Å². The number of hydrogen-bond donors (Lipinski definition) is 2. The van der Waals surface area contributed by atoms with Crippen LogP contribution in [0.5, 0.6) is 0 Å². The summed E-state index contributed by atoms with van der Waals surface area (Å²) in [6.45, 7) is 0.404. The van der Waals surface area contributed by atoms with Crippen LogP contribution in [0.15, 0.2) is 47.6 Å². The van der Waals surface area contributed by atoms with Crippen LogP contribution in [0.25, 0.3) is 10.4 Å². The summed E-state index contributed by atoms with van der Waals surface area (Å²) in [7, 11) is 1.29. The average molecular weight is 560 g/mol. The zero-order valence-electron chi connectivity index (χ0n) is 21.2. The molecule has 1 unspecified atom stereocenters. The summed E-state index contributed by atoms with van der Waals surface area (Å²) in [4.78, 5) is 41.4. The van der Waals surface area contributed by atoms with Crippen LogP contribution in [-0.4, -0.2) is 37.5 Å². The zero-order valence-corrected chi connectivity index (χ0v) is 22.7. The van der Waals surface area contributed by atoms with Gasteiger partial charge in [-0.3, -0.25) is 9.59 Å². The summed E-state index contributed by atoms with van der Waals surface area (Å²) in [5.74, 6) is -1.11. The normalized spacial score (nSPS) is 14.7. The number of unbranched alkanes of at least 4 members (excludes halogenated alkanes) is 1. The first-order valence-electron chi connectivity index (χ1n) is 12.5. The summed E-state index contributed by atoms with van der Waals surface area (Å²) in [6, 6.07) is 10.9. The number of nitrogens with zero attached hydrogens (tertiary/aromatic N) is 3. The Hall–Kier alpha value is -3.26. The van der Waals surface area contributed by atoms with E-state index in [9.17, 15) is 14.4 Å². The van der Waals surface area contributed by atoms with Gasteiger partial charge >= 0.3 is 5.97 Å². The molecule has 0 radical (unpaired) electrons. The Morgan fingerprint density at radius 1 is 1.08 bits per heavy atom. The molecule has 0 saturated heterocycles. The number of amides is 2. The van der Waals surface area contributed by atoms with Gasteiger partial charge in [0.25, 0.3) is 5.91 Å². The molecule has 2 N–H and O–H groups in total. The third kappa shape index (κ3) is 7.63. The second-order valence-corrected chi connectivity index (χ2v) is 10.2. The predicted octanol–water partition coefficient (Wildman–Crippen LogP) is 6.49. The molecule has 1 fully saturated rings. The number of halogens is 2. The van der Waals surface area contributed by atoms with Crippen molar-refractivity contribution in [2.45, 2.75) is 57.4 Å². The molecule has 3 rings (SSSR count). The van der Waals surface area contributed by atoms with Gasteiger partial charge < -0.3 is 15.4 Å². The monoisotopic (exact) mass is 559 g/mol. The van der Waals surface area contributed by atoms with Crippen molar-refractivity contribution in [2.75, 3.05) is 19.0 Å². The van der Waals surface area contributed by atoms with E-state index in [0.29, 0.717) is 25.1 Å². The van der Waals surface area contributed by atoms with Crippen molar-refractivity contribution in [2.24, 2.45) is 10.5 Å². The maximum Gasteiger partial charge on any atom is 0.328 e. The number of azide groups is 1. The number of anilines is 1. The number of esters is 1. The van der Waals surface area contributed by atoms with Gasteiger partial charge in [0.15, 0.2) is 0 Å². The van der Waals surface area contributed by atoms with Crippen LogP contribution in [0, 0.1) is 5.41 Å². The molecule has 1 atom stereocenters. The Kier molecular flexibility index (Phi) is 10.8. The number of rotatable bonds is 12. The Morgan fingerprint density at radius 3 is 2.34 bits per heavy atom. The van der Waals surface area contributed by atoms with Gasteiger partial charge in [-0.2, -0.15) is 0 Å². The number of benzene rings is 2. The minimum absolute atomic E-state index is 0.144. The number of carbonyl (C=O) groups excluding carboxylic acids is 3. The maximum absolute atomic E-state index is 13.4. The number of ether oxygens (including phenoxy) is 1. The Morgan fingerprint density at radius 2 is 1.74 bits per heavy atom. The van der Waals surface area contributed by atoms with E-state index in [2.05, 4.69) is 20.7 Å². The predicted molar refractivity (Wildman–Crippen MR) is 147 cm³/mol. The Balaban J connectivity index is 1.66. The maximum atomic E-state index is 13.4. The first-order chi connectivity index (χ1) is 18.3. The van der Waals surface area contributed by atoms with E-state index in [0.717, 1.165) is 37.7 Å². The fourth-order valence-electron chi connectivity index (χ4n) is 4.85. The van der Waals surface area contributed by atoms with E-state index in [-0.39, 0.29) is 27.9 Å². The number of nitrogens with one attached hydrogen (secondary N) is 2. The molecule has 1 aliphatic rings. The van der Waals surface area contributed by atoms with Crippen molar-refractivity contribution in [1.82, 2.24) is 5.32 Å². The molecular weight excluding hydrogens is 529 g/mol. The summed E-state index contributed by atoms with van der Waals surface area (Å²) < 4.78 is 4.97. The molecule has 202 valence electrons. The van der Waals surface area contributed by atoms with Gasteiger partial charge in [0.1, 0.15) is 6.04 Å². The summed E-state index contributed by atoms with van der Waals surface area (Å²) in [5.41, 5.74) is 9.42. The number of hydrogen-bond acceptors (Lipinski definition) is 5. The van der Waals surface area contributed by atoms with Gasteiger partial charge in [0.2, 0.25) is 5.91 Å². The van der Waals surface area contributed by atoms with E-state index in [1.54, 1.807) is 42.5 Å². The van der Waals surface area contributed by atoms with Crippen LogP contribution in [0.3, 0.4) is 0 Å². The van der Waals surface area contributed by atoms with Crippen LogP contribution in [0.1, 0.15) is 60.9 Å². The second-order valence-electron chi connectivity index (χ2n) is 9.40. The second kappa shape index (κ2) is 14.0. The van der Waals surface area contributed by atoms with Crippen molar-refractivity contribution in [3.05, 3.63) is 74.1 Å². The van der Waals surface area contributed by atoms with Gasteiger partial charge in [-0.25, -0.2) is 4.79 Å². The molecule has 0 aliphatic heterocycles. The van der Waals surface area contributed by atoms with E-state index in [1.807, 2.05) is 0 Å². The molecule has 2 aromatic carbocycles. The Bertz CT molecular complexity index is 1170. The molecule has 38 heavy (non-hydrogen) atoms. The highest BCUT2D eigenvalue weighted by Crippen LogP contribution is 2.42. The van der Waals surface area contributed by atoms with Crippen LogP contribution in [-0.2, 0) is 20.7 Å². The highest BCUT2D eigenvalue weighted by Gasteiger charge is 2.41. The lowest BCUT2D eigenvalue weighted by Gasteiger charge is -2.30. The number of carbonyl (C=O) groups is 3. The third-order valence-corrected chi connectivity index (χ3v) is 7.53. The smallest absolute Gasteiger partial charge is 0.328 e. The van der Waals surface area contributed by atoms with Crippen molar-refractivity contribution in [1.29, 1.82) is 0 Å². The summed E-state index contributed by atoms with van der Waals surface area (Å²) in [6.07, 6.45) is 5.83. The molecule has 0 bridgehead atoms. The molecule has 2 aromatic rings. The van der Waals surface area contributed by atoms with Gasteiger partial charge in [-0.1, -0.05) is 65.8 Å². The minimum atomic E-state index is -0.851. The molecule has 0 aromatic heterocycles. The van der Waals surface area contributed by atoms with Crippen LogP contribution >= 0.6 is 23.2 Å². The third-order valence-electron chi connectivity index (χ3n) is 6.90. The minimum Gasteiger partial charge on any atom is -0.467 e. The van der Waals surface area contributed by atoms with Gasteiger partial charge in [-0.15, -0.1) is 0 Å². The topological polar surface area (TPSA) is 133 Å². The molecule has 0 spiro atoms. The molecule has 1 saturated carbocycles. The molecule has 0 heterocycles. The fourth-order valence-corrected chi connectivity index (χ4v) is 5.42. The van der Waals surface area contributed by atoms with Gasteiger partial charge in [0.05, 0.1) is 22.7 Å². The lowest BCUT2D eigenvalue weighted by atomic mass is 9.79. The van der Waals surface area contributed by atoms with E-state index in [1.165, 1.54) is 7.11 Å². The molecule has 11 heteroatoms. The number of methoxy groups -OCH3 is 1. The average Bonchev–Trinajstić information content (AvgIpc) is 3.39. The first-order valence-corrected chi connectivity index (χ1v) is 13.3. The highest BCUT2D eigenvalue weighted by molar-refractivity contribution is 6.40. The molecule has 9 nitrogen and oxygen atoms in total. The standard InChI is InChI=1S/C27H31Cl2N5O4/c1-38-25(36)22(33-26(37)27(13-2-3-14-27)15-4-5-16-31-34-30)17-18-9-11-19(12-10-18)32-24(35)23-20(28)7-6-8-21(23)29/h6-12,22H,2-5,13-17H2,1H3,(H,32,35)(H,33,37). The molecule has 1 aliphatic carbocycles. The highest BCUT2D eigenvalue weighted by atomic mass is 35.5. The molecule has 2 amide bonds. The van der Waals surface area contributed by atoms with Gasteiger partial charge in [-0.05, 0) is 61.0 Å². The molecular formula is C27H31Cl2N5O4. The summed E-state index contributed by atoms with van der Waals surface area (Å²) >= 11 is 12.2. The van der Waals surface area contributed by atoms with Crippen molar-refractivity contribution in [3.63, 3.8) is 0 Å². The van der Waals surface area contributed by atoms with Crippen LogP contribution < -0.4 is 10.6 Å². The lowest BCUT2D eigenvalue weighted by molar-refractivity contribution is -0.146. The quantitative estimate of drug-likeness (QED) is 0.101. The lowest BCUT2D eigenvalue weighted by Crippen LogP contribution is -2.49. The van der Waals surface area contributed by atoms with E-state index < -0.39 is 23.3 Å². The first kappa shape index (κ1) is 29.3. The van der Waals surface area contributed by atoms with E-state index >= 15 is 0 Å². The van der Waals surface area contributed by atoms with Crippen LogP contribution in [0.2, 0.25) is 10.0 Å². The Labute approximate surface area is 231 Å². The fraction of sp³-hybridized carbons (Fsp3) is 0.444. The van der Waals surface area contributed by atoms with Crippen molar-refractivity contribution >= 4 is 46.7 Å². The van der Waals surface area contributed by atoms with Crippen molar-refractivity contribution in [3.8, 4) is 0 Å². The SMILES string of the molecule is COC(=O)C(Cc1ccc(NC(=O)c2c(Cl)cccc2Cl)cc1)NC(=O)C1(CCCCN=[N+]=[N-])CCCC1. The van der Waals surface area contributed by atoms with Crippen LogP contribution in [0.4, 0.5) is 5.69 Å². The van der Waals surface area contributed by atoms with Crippen molar-refractivity contribution < 1.29 is 19.1 Å². The zero-order chi connectivity index (χ0) is 27.5.